The first-order valence-corrected chi connectivity index (χ1v) is 7.32. The Morgan fingerprint density at radius 3 is 1.92 bits per heavy atom. The van der Waals surface area contributed by atoms with Crippen LogP contribution in [0.5, 0.6) is 17.2 Å². The zero-order valence-electron chi connectivity index (χ0n) is 12.8. The van der Waals surface area contributed by atoms with Gasteiger partial charge in [0.05, 0.1) is 0 Å². The Bertz CT molecular complexity index is 890. The molecule has 0 fully saturated rings. The van der Waals surface area contributed by atoms with E-state index in [-0.39, 0.29) is 22.6 Å². The van der Waals surface area contributed by atoms with E-state index in [0.29, 0.717) is 11.1 Å². The van der Waals surface area contributed by atoms with Crippen LogP contribution in [0, 0.1) is 0 Å². The van der Waals surface area contributed by atoms with Crippen molar-refractivity contribution in [2.24, 2.45) is 0 Å². The van der Waals surface area contributed by atoms with E-state index in [2.05, 4.69) is 4.74 Å². The number of phenols is 2. The fraction of sp³-hybridized carbons (Fsp3) is 0.0526. The van der Waals surface area contributed by atoms with Crippen LogP contribution in [0.15, 0.2) is 66.7 Å². The molecule has 0 aliphatic carbocycles. The lowest BCUT2D eigenvalue weighted by atomic mass is 9.97. The lowest BCUT2D eigenvalue weighted by Gasteiger charge is -2.15. The van der Waals surface area contributed by atoms with Gasteiger partial charge in [-0.2, -0.15) is 0 Å². The predicted molar refractivity (Wildman–Crippen MR) is 87.3 cm³/mol. The highest BCUT2D eigenvalue weighted by Gasteiger charge is 2.32. The molecule has 3 rings (SSSR count). The zero-order valence-corrected chi connectivity index (χ0v) is 12.8. The molecule has 0 aliphatic heterocycles. The summed E-state index contributed by atoms with van der Waals surface area (Å²) in [5.74, 6) is -0.896. The predicted octanol–water partition coefficient (Wildman–Crippen LogP) is 5.33. The first-order chi connectivity index (χ1) is 11.8. The molecule has 2 N–H and O–H groups in total. The largest absolute Gasteiger partial charge is 0.573 e. The molecular formula is C19H13F3O3. The topological polar surface area (TPSA) is 49.7 Å². The molecule has 128 valence electrons. The number of hydrogen-bond acceptors (Lipinski definition) is 3. The number of phenolic OH excluding ortho intramolecular Hbond substituents is 2. The Balaban J connectivity index is 2.10. The number of ether oxygens (including phenoxy) is 1. The molecule has 0 unspecified atom stereocenters. The van der Waals surface area contributed by atoms with Crippen molar-refractivity contribution in [3.8, 4) is 39.5 Å². The van der Waals surface area contributed by atoms with Crippen molar-refractivity contribution in [1.29, 1.82) is 0 Å². The Kier molecular flexibility index (Phi) is 4.27. The van der Waals surface area contributed by atoms with Crippen molar-refractivity contribution >= 4 is 0 Å². The summed E-state index contributed by atoms with van der Waals surface area (Å²) in [7, 11) is 0. The monoisotopic (exact) mass is 346 g/mol. The standard InChI is InChI=1S/C19H13F3O3/c20-19(21,22)25-18-9-5-4-8-13(18)15-11-16(23)14(10-17(15)24)12-6-2-1-3-7-12/h1-11,23-24H. The summed E-state index contributed by atoms with van der Waals surface area (Å²) in [6.07, 6.45) is -4.86. The van der Waals surface area contributed by atoms with Crippen LogP contribution < -0.4 is 4.74 Å². The smallest absolute Gasteiger partial charge is 0.507 e. The number of hydrogen-bond donors (Lipinski definition) is 2. The number of benzene rings is 3. The lowest BCUT2D eigenvalue weighted by molar-refractivity contribution is -0.274. The molecular weight excluding hydrogens is 333 g/mol. The minimum atomic E-state index is -4.86. The van der Waals surface area contributed by atoms with Gasteiger partial charge in [-0.1, -0.05) is 48.5 Å². The molecule has 0 bridgehead atoms. The van der Waals surface area contributed by atoms with Gasteiger partial charge in [0, 0.05) is 16.7 Å². The number of rotatable bonds is 3. The fourth-order valence-electron chi connectivity index (χ4n) is 2.54. The van der Waals surface area contributed by atoms with Crippen LogP contribution in [0.3, 0.4) is 0 Å². The Hall–Kier alpha value is -3.15. The van der Waals surface area contributed by atoms with Gasteiger partial charge in [0.2, 0.25) is 0 Å². The first-order valence-electron chi connectivity index (χ1n) is 7.32. The van der Waals surface area contributed by atoms with Crippen LogP contribution in [-0.4, -0.2) is 16.6 Å². The maximum Gasteiger partial charge on any atom is 0.573 e. The first kappa shape index (κ1) is 16.7. The van der Waals surface area contributed by atoms with Crippen LogP contribution in [0.2, 0.25) is 0 Å². The molecule has 0 heterocycles. The summed E-state index contributed by atoms with van der Waals surface area (Å²) in [6.45, 7) is 0. The molecule has 0 atom stereocenters. The third-order valence-electron chi connectivity index (χ3n) is 3.60. The normalized spacial score (nSPS) is 11.3. The average Bonchev–Trinajstić information content (AvgIpc) is 2.57. The van der Waals surface area contributed by atoms with Crippen LogP contribution in [0.4, 0.5) is 13.2 Å². The van der Waals surface area contributed by atoms with Crippen molar-refractivity contribution in [3.63, 3.8) is 0 Å². The molecule has 0 aliphatic rings. The van der Waals surface area contributed by atoms with Gasteiger partial charge >= 0.3 is 6.36 Å². The number of alkyl halides is 3. The van der Waals surface area contributed by atoms with Crippen molar-refractivity contribution in [1.82, 2.24) is 0 Å². The number of halogens is 3. The maximum absolute atomic E-state index is 12.6. The summed E-state index contributed by atoms with van der Waals surface area (Å²) in [4.78, 5) is 0. The molecule has 0 saturated heterocycles. The summed E-state index contributed by atoms with van der Waals surface area (Å²) in [6, 6.07) is 16.8. The van der Waals surface area contributed by atoms with Gasteiger partial charge in [0.25, 0.3) is 0 Å². The van der Waals surface area contributed by atoms with E-state index in [1.165, 1.54) is 30.3 Å². The van der Waals surface area contributed by atoms with Gasteiger partial charge in [-0.05, 0) is 23.8 Å². The summed E-state index contributed by atoms with van der Waals surface area (Å²) < 4.78 is 41.7. The SMILES string of the molecule is Oc1cc(-c2ccccc2OC(F)(F)F)c(O)cc1-c1ccccc1. The molecule has 0 aromatic heterocycles. The van der Waals surface area contributed by atoms with Crippen LogP contribution in [0.25, 0.3) is 22.3 Å². The third kappa shape index (κ3) is 3.68. The van der Waals surface area contributed by atoms with Crippen molar-refractivity contribution in [2.75, 3.05) is 0 Å². The zero-order chi connectivity index (χ0) is 18.0. The average molecular weight is 346 g/mol. The van der Waals surface area contributed by atoms with Crippen LogP contribution in [-0.2, 0) is 0 Å². The number of aromatic hydroxyl groups is 2. The van der Waals surface area contributed by atoms with Crippen molar-refractivity contribution < 1.29 is 28.1 Å². The molecule has 25 heavy (non-hydrogen) atoms. The lowest BCUT2D eigenvalue weighted by Crippen LogP contribution is -2.17. The highest BCUT2D eigenvalue weighted by atomic mass is 19.4. The van der Waals surface area contributed by atoms with E-state index >= 15 is 0 Å². The summed E-state index contributed by atoms with van der Waals surface area (Å²) in [5.41, 5.74) is 1.10. The molecule has 0 radical (unpaired) electrons. The molecule has 0 saturated carbocycles. The minimum Gasteiger partial charge on any atom is -0.507 e. The minimum absolute atomic E-state index is 0.0206. The fourth-order valence-corrected chi connectivity index (χ4v) is 2.54. The third-order valence-corrected chi connectivity index (χ3v) is 3.60. The molecule has 0 amide bonds. The second-order valence-electron chi connectivity index (χ2n) is 5.30. The Morgan fingerprint density at radius 2 is 1.24 bits per heavy atom. The van der Waals surface area contributed by atoms with Gasteiger partial charge in [-0.25, -0.2) is 0 Å². The molecule has 6 heteroatoms. The van der Waals surface area contributed by atoms with E-state index in [0.717, 1.165) is 6.07 Å². The van der Waals surface area contributed by atoms with E-state index < -0.39 is 12.1 Å². The van der Waals surface area contributed by atoms with Gasteiger partial charge in [-0.15, -0.1) is 13.2 Å². The van der Waals surface area contributed by atoms with Gasteiger partial charge in [0.1, 0.15) is 17.2 Å². The van der Waals surface area contributed by atoms with Crippen LogP contribution in [0.1, 0.15) is 0 Å². The van der Waals surface area contributed by atoms with E-state index in [1.807, 2.05) is 0 Å². The summed E-state index contributed by atoms with van der Waals surface area (Å²) in [5, 5.41) is 20.6. The molecule has 3 aromatic carbocycles. The Labute approximate surface area is 141 Å². The van der Waals surface area contributed by atoms with Gasteiger partial charge in [0.15, 0.2) is 0 Å². The van der Waals surface area contributed by atoms with E-state index in [1.54, 1.807) is 30.3 Å². The second kappa shape index (κ2) is 6.39. The highest BCUT2D eigenvalue weighted by molar-refractivity contribution is 5.82. The van der Waals surface area contributed by atoms with Crippen molar-refractivity contribution in [2.45, 2.75) is 6.36 Å². The quantitative estimate of drug-likeness (QED) is 0.630. The highest BCUT2D eigenvalue weighted by Crippen LogP contribution is 2.43. The number of para-hydroxylation sites is 1. The maximum atomic E-state index is 12.6. The van der Waals surface area contributed by atoms with E-state index in [9.17, 15) is 23.4 Å². The van der Waals surface area contributed by atoms with Gasteiger partial charge in [-0.3, -0.25) is 0 Å². The van der Waals surface area contributed by atoms with E-state index in [4.69, 9.17) is 0 Å². The second-order valence-corrected chi connectivity index (χ2v) is 5.30. The van der Waals surface area contributed by atoms with Crippen LogP contribution >= 0.6 is 0 Å². The molecule has 3 aromatic rings. The molecule has 0 spiro atoms. The van der Waals surface area contributed by atoms with Gasteiger partial charge < -0.3 is 14.9 Å². The molecule has 3 nitrogen and oxygen atoms in total. The van der Waals surface area contributed by atoms with Crippen molar-refractivity contribution in [3.05, 3.63) is 66.7 Å². The summed E-state index contributed by atoms with van der Waals surface area (Å²) >= 11 is 0. The Morgan fingerprint density at radius 1 is 0.680 bits per heavy atom.